The second-order valence-electron chi connectivity index (χ2n) is 5.19. The molecule has 0 aliphatic heterocycles. The largest absolute Gasteiger partial charge is 0.354 e. The van der Waals surface area contributed by atoms with E-state index in [0.717, 1.165) is 18.4 Å². The van der Waals surface area contributed by atoms with Crippen LogP contribution in [0, 0.1) is 6.92 Å². The van der Waals surface area contributed by atoms with Gasteiger partial charge >= 0.3 is 0 Å². The molecular formula is C17H23ClN2OS. The van der Waals surface area contributed by atoms with E-state index in [1.165, 1.54) is 9.75 Å². The lowest BCUT2D eigenvalue weighted by molar-refractivity contribution is -0.121. The normalized spacial score (nSPS) is 11.5. The first kappa shape index (κ1) is 18.7. The van der Waals surface area contributed by atoms with Gasteiger partial charge in [0.15, 0.2) is 0 Å². The highest BCUT2D eigenvalue weighted by atomic mass is 35.5. The maximum Gasteiger partial charge on any atom is 0.220 e. The predicted molar refractivity (Wildman–Crippen MR) is 95.6 cm³/mol. The molecule has 1 unspecified atom stereocenters. The van der Waals surface area contributed by atoms with Gasteiger partial charge in [0.2, 0.25) is 5.91 Å². The number of hydrogen-bond donors (Lipinski definition) is 2. The minimum atomic E-state index is -0.143. The highest BCUT2D eigenvalue weighted by Crippen LogP contribution is 2.17. The quantitative estimate of drug-likeness (QED) is 0.810. The summed E-state index contributed by atoms with van der Waals surface area (Å²) in [4.78, 5) is 14.5. The zero-order valence-electron chi connectivity index (χ0n) is 12.7. The van der Waals surface area contributed by atoms with Crippen LogP contribution < -0.4 is 11.1 Å². The third-order valence-electron chi connectivity index (χ3n) is 3.37. The summed E-state index contributed by atoms with van der Waals surface area (Å²) in [5.74, 6) is 0.0784. The topological polar surface area (TPSA) is 55.1 Å². The van der Waals surface area contributed by atoms with Gasteiger partial charge in [-0.3, -0.25) is 4.79 Å². The third kappa shape index (κ3) is 6.18. The summed E-state index contributed by atoms with van der Waals surface area (Å²) < 4.78 is 0. The van der Waals surface area contributed by atoms with Crippen molar-refractivity contribution in [3.05, 3.63) is 57.8 Å². The van der Waals surface area contributed by atoms with Crippen LogP contribution in [0.2, 0.25) is 0 Å². The number of amides is 1. The summed E-state index contributed by atoms with van der Waals surface area (Å²) >= 11 is 1.80. The van der Waals surface area contributed by atoms with Crippen molar-refractivity contribution >= 4 is 29.7 Å². The number of hydrogen-bond acceptors (Lipinski definition) is 3. The van der Waals surface area contributed by atoms with E-state index in [4.69, 9.17) is 5.73 Å². The van der Waals surface area contributed by atoms with E-state index in [9.17, 15) is 4.79 Å². The number of carbonyl (C=O) groups is 1. The molecular weight excluding hydrogens is 316 g/mol. The first-order valence-electron chi connectivity index (χ1n) is 7.27. The molecule has 2 rings (SSSR count). The molecule has 0 fully saturated rings. The molecule has 22 heavy (non-hydrogen) atoms. The maximum absolute atomic E-state index is 11.8. The summed E-state index contributed by atoms with van der Waals surface area (Å²) in [7, 11) is 0. The number of thiophene rings is 1. The first-order valence-corrected chi connectivity index (χ1v) is 8.09. The number of nitrogens with one attached hydrogen (secondary N) is 1. The molecule has 1 aromatic heterocycles. The zero-order chi connectivity index (χ0) is 15.1. The molecule has 0 spiro atoms. The van der Waals surface area contributed by atoms with Gasteiger partial charge in [-0.15, -0.1) is 23.7 Å². The van der Waals surface area contributed by atoms with E-state index >= 15 is 0 Å². The van der Waals surface area contributed by atoms with Crippen molar-refractivity contribution in [3.63, 3.8) is 0 Å². The highest BCUT2D eigenvalue weighted by molar-refractivity contribution is 7.11. The molecule has 0 aliphatic rings. The Labute approximate surface area is 142 Å². The number of rotatable bonds is 7. The van der Waals surface area contributed by atoms with Gasteiger partial charge in [0.1, 0.15) is 0 Å². The fourth-order valence-corrected chi connectivity index (χ4v) is 3.11. The van der Waals surface area contributed by atoms with Gasteiger partial charge in [0.05, 0.1) is 0 Å². The summed E-state index contributed by atoms with van der Waals surface area (Å²) in [6.45, 7) is 2.59. The summed E-state index contributed by atoms with van der Waals surface area (Å²) in [6.07, 6.45) is 2.40. The van der Waals surface area contributed by atoms with Gasteiger partial charge in [-0.25, -0.2) is 0 Å². The minimum absolute atomic E-state index is 0. The van der Waals surface area contributed by atoms with Crippen LogP contribution in [0.25, 0.3) is 0 Å². The fourth-order valence-electron chi connectivity index (χ4n) is 2.17. The molecule has 3 N–H and O–H groups in total. The average molecular weight is 339 g/mol. The standard InChI is InChI=1S/C17H22N2OS.ClH/c1-13-10-11-15(21-13)8-5-9-17(20)19-12-16(18)14-6-3-2-4-7-14;/h2-4,6-7,10-11,16H,5,8-9,12,18H2,1H3,(H,19,20);1H. The molecule has 0 bridgehead atoms. The third-order valence-corrected chi connectivity index (χ3v) is 4.43. The Balaban J connectivity index is 0.00000242. The molecule has 5 heteroatoms. The van der Waals surface area contributed by atoms with E-state index < -0.39 is 0 Å². The average Bonchev–Trinajstić information content (AvgIpc) is 2.91. The Kier molecular flexibility index (Phi) is 8.17. The highest BCUT2D eigenvalue weighted by Gasteiger charge is 2.08. The Morgan fingerprint density at radius 3 is 2.59 bits per heavy atom. The number of nitrogens with two attached hydrogens (primary N) is 1. The lowest BCUT2D eigenvalue weighted by atomic mass is 10.1. The molecule has 2 aromatic rings. The van der Waals surface area contributed by atoms with Gasteiger partial charge in [0.25, 0.3) is 0 Å². The monoisotopic (exact) mass is 338 g/mol. The SMILES string of the molecule is Cc1ccc(CCCC(=O)NCC(N)c2ccccc2)s1.Cl. The van der Waals surface area contributed by atoms with E-state index in [1.807, 2.05) is 30.3 Å². The number of halogens is 1. The molecule has 1 amide bonds. The Morgan fingerprint density at radius 2 is 1.95 bits per heavy atom. The predicted octanol–water partition coefficient (Wildman–Crippen LogP) is 3.62. The van der Waals surface area contributed by atoms with Crippen LogP contribution in [0.3, 0.4) is 0 Å². The molecule has 0 saturated heterocycles. The van der Waals surface area contributed by atoms with Crippen LogP contribution in [0.4, 0.5) is 0 Å². The Bertz CT molecular complexity index is 571. The molecule has 3 nitrogen and oxygen atoms in total. The van der Waals surface area contributed by atoms with E-state index in [0.29, 0.717) is 13.0 Å². The lowest BCUT2D eigenvalue weighted by Crippen LogP contribution is -2.31. The second kappa shape index (κ2) is 9.62. The molecule has 0 radical (unpaired) electrons. The number of benzene rings is 1. The molecule has 1 aromatic carbocycles. The Morgan fingerprint density at radius 1 is 1.23 bits per heavy atom. The van der Waals surface area contributed by atoms with Gasteiger partial charge in [-0.2, -0.15) is 0 Å². The summed E-state index contributed by atoms with van der Waals surface area (Å²) in [6, 6.07) is 14.0. The van der Waals surface area contributed by atoms with Gasteiger partial charge in [-0.05, 0) is 37.5 Å². The van der Waals surface area contributed by atoms with Crippen molar-refractivity contribution in [2.45, 2.75) is 32.2 Å². The van der Waals surface area contributed by atoms with Crippen molar-refractivity contribution < 1.29 is 4.79 Å². The Hall–Kier alpha value is -1.36. The van der Waals surface area contributed by atoms with Gasteiger partial charge in [-0.1, -0.05) is 30.3 Å². The lowest BCUT2D eigenvalue weighted by Gasteiger charge is -2.13. The van der Waals surface area contributed by atoms with E-state index in [2.05, 4.69) is 24.4 Å². The van der Waals surface area contributed by atoms with Crippen LogP contribution in [0.15, 0.2) is 42.5 Å². The van der Waals surface area contributed by atoms with Crippen LogP contribution >= 0.6 is 23.7 Å². The van der Waals surface area contributed by atoms with E-state index in [-0.39, 0.29) is 24.4 Å². The first-order chi connectivity index (χ1) is 10.1. The fraction of sp³-hybridized carbons (Fsp3) is 0.353. The number of aryl methyl sites for hydroxylation is 2. The smallest absolute Gasteiger partial charge is 0.220 e. The van der Waals surface area contributed by atoms with E-state index in [1.54, 1.807) is 11.3 Å². The molecule has 1 heterocycles. The molecule has 0 aliphatic carbocycles. The minimum Gasteiger partial charge on any atom is -0.354 e. The van der Waals surface area contributed by atoms with Crippen molar-refractivity contribution in [3.8, 4) is 0 Å². The van der Waals surface area contributed by atoms with Gasteiger partial charge < -0.3 is 11.1 Å². The van der Waals surface area contributed by atoms with Crippen molar-refractivity contribution in [2.75, 3.05) is 6.54 Å². The maximum atomic E-state index is 11.8. The van der Waals surface area contributed by atoms with Crippen LogP contribution in [0.5, 0.6) is 0 Å². The van der Waals surface area contributed by atoms with Crippen LogP contribution in [-0.4, -0.2) is 12.5 Å². The van der Waals surface area contributed by atoms with Gasteiger partial charge in [0, 0.05) is 28.8 Å². The molecule has 1 atom stereocenters. The summed E-state index contributed by atoms with van der Waals surface area (Å²) in [5.41, 5.74) is 7.10. The van der Waals surface area contributed by atoms with Crippen LogP contribution in [0.1, 0.15) is 34.2 Å². The molecule has 120 valence electrons. The molecule has 0 saturated carbocycles. The second-order valence-corrected chi connectivity index (χ2v) is 6.56. The number of carbonyl (C=O) groups excluding carboxylic acids is 1. The van der Waals surface area contributed by atoms with Crippen molar-refractivity contribution in [1.82, 2.24) is 5.32 Å². The zero-order valence-corrected chi connectivity index (χ0v) is 14.4. The van der Waals surface area contributed by atoms with Crippen molar-refractivity contribution in [2.24, 2.45) is 5.73 Å². The van der Waals surface area contributed by atoms with Crippen LogP contribution in [-0.2, 0) is 11.2 Å². The van der Waals surface area contributed by atoms with Crippen molar-refractivity contribution in [1.29, 1.82) is 0 Å². The summed E-state index contributed by atoms with van der Waals surface area (Å²) in [5, 5.41) is 2.91.